The average molecular weight is 127 g/mol. The van der Waals surface area contributed by atoms with E-state index in [0.717, 1.165) is 5.92 Å². The van der Waals surface area contributed by atoms with E-state index in [1.165, 1.54) is 32.1 Å². The standard InChI is InChI=1S/C8H17N/c1-2-4-7-5-3-6-8(7)9/h7-8H,2-6,9H2,1H3/t7-,8+/m0/s1. The van der Waals surface area contributed by atoms with Gasteiger partial charge in [0.05, 0.1) is 0 Å². The van der Waals surface area contributed by atoms with Gasteiger partial charge in [0.25, 0.3) is 0 Å². The molecule has 0 aromatic carbocycles. The summed E-state index contributed by atoms with van der Waals surface area (Å²) in [7, 11) is 0. The zero-order chi connectivity index (χ0) is 6.69. The largest absolute Gasteiger partial charge is 0.327 e. The third-order valence-corrected chi connectivity index (χ3v) is 2.38. The molecule has 1 saturated carbocycles. The summed E-state index contributed by atoms with van der Waals surface area (Å²) in [5.41, 5.74) is 5.87. The molecule has 0 aromatic rings. The van der Waals surface area contributed by atoms with Crippen LogP contribution in [-0.4, -0.2) is 6.04 Å². The van der Waals surface area contributed by atoms with Crippen molar-refractivity contribution >= 4 is 0 Å². The van der Waals surface area contributed by atoms with Crippen LogP contribution < -0.4 is 5.73 Å². The minimum atomic E-state index is 0.532. The predicted octanol–water partition coefficient (Wildman–Crippen LogP) is 1.91. The molecule has 54 valence electrons. The first-order valence-electron chi connectivity index (χ1n) is 4.10. The first-order valence-corrected chi connectivity index (χ1v) is 4.10. The van der Waals surface area contributed by atoms with Gasteiger partial charge in [-0.1, -0.05) is 19.8 Å². The fourth-order valence-electron chi connectivity index (χ4n) is 1.79. The van der Waals surface area contributed by atoms with E-state index < -0.39 is 0 Å². The normalized spacial score (nSPS) is 35.3. The lowest BCUT2D eigenvalue weighted by Gasteiger charge is -2.12. The van der Waals surface area contributed by atoms with E-state index in [9.17, 15) is 0 Å². The summed E-state index contributed by atoms with van der Waals surface area (Å²) in [6, 6.07) is 0.532. The Balaban J connectivity index is 2.22. The predicted molar refractivity (Wildman–Crippen MR) is 40.2 cm³/mol. The topological polar surface area (TPSA) is 26.0 Å². The summed E-state index contributed by atoms with van der Waals surface area (Å²) in [6.07, 6.45) is 6.67. The molecule has 1 heteroatoms. The van der Waals surface area contributed by atoms with Crippen LogP contribution in [0.4, 0.5) is 0 Å². The molecule has 0 aliphatic heterocycles. The number of hydrogen-bond acceptors (Lipinski definition) is 1. The van der Waals surface area contributed by atoms with E-state index in [1.54, 1.807) is 0 Å². The van der Waals surface area contributed by atoms with Crippen LogP contribution in [0.2, 0.25) is 0 Å². The van der Waals surface area contributed by atoms with Gasteiger partial charge in [0, 0.05) is 6.04 Å². The van der Waals surface area contributed by atoms with E-state index in [0.29, 0.717) is 6.04 Å². The van der Waals surface area contributed by atoms with E-state index in [1.807, 2.05) is 0 Å². The highest BCUT2D eigenvalue weighted by Crippen LogP contribution is 2.27. The summed E-state index contributed by atoms with van der Waals surface area (Å²) < 4.78 is 0. The van der Waals surface area contributed by atoms with Gasteiger partial charge >= 0.3 is 0 Å². The fraction of sp³-hybridized carbons (Fsp3) is 1.00. The summed E-state index contributed by atoms with van der Waals surface area (Å²) in [6.45, 7) is 2.24. The van der Waals surface area contributed by atoms with Crippen molar-refractivity contribution in [3.63, 3.8) is 0 Å². The second-order valence-corrected chi connectivity index (χ2v) is 3.14. The first kappa shape index (κ1) is 7.07. The Morgan fingerprint density at radius 3 is 2.67 bits per heavy atom. The molecule has 0 bridgehead atoms. The molecule has 1 fully saturated rings. The highest BCUT2D eigenvalue weighted by molar-refractivity contribution is 4.79. The molecule has 1 nitrogen and oxygen atoms in total. The Morgan fingerprint density at radius 1 is 1.44 bits per heavy atom. The molecular weight excluding hydrogens is 110 g/mol. The van der Waals surface area contributed by atoms with E-state index >= 15 is 0 Å². The van der Waals surface area contributed by atoms with Crippen LogP contribution in [0.1, 0.15) is 39.0 Å². The smallest absolute Gasteiger partial charge is 0.00671 e. The van der Waals surface area contributed by atoms with E-state index in [2.05, 4.69) is 6.92 Å². The third kappa shape index (κ3) is 1.68. The van der Waals surface area contributed by atoms with Gasteiger partial charge in [0.15, 0.2) is 0 Å². The summed E-state index contributed by atoms with van der Waals surface area (Å²) in [4.78, 5) is 0. The highest BCUT2D eigenvalue weighted by atomic mass is 14.7. The molecular formula is C8H17N. The second-order valence-electron chi connectivity index (χ2n) is 3.14. The van der Waals surface area contributed by atoms with Crippen molar-refractivity contribution in [2.75, 3.05) is 0 Å². The molecule has 2 atom stereocenters. The van der Waals surface area contributed by atoms with Gasteiger partial charge in [-0.2, -0.15) is 0 Å². The molecule has 0 saturated heterocycles. The minimum Gasteiger partial charge on any atom is -0.327 e. The molecule has 1 rings (SSSR count). The molecule has 0 amide bonds. The monoisotopic (exact) mass is 127 g/mol. The van der Waals surface area contributed by atoms with E-state index in [-0.39, 0.29) is 0 Å². The summed E-state index contributed by atoms with van der Waals surface area (Å²) in [5, 5.41) is 0. The van der Waals surface area contributed by atoms with Crippen molar-refractivity contribution in [1.82, 2.24) is 0 Å². The van der Waals surface area contributed by atoms with Crippen LogP contribution >= 0.6 is 0 Å². The van der Waals surface area contributed by atoms with Crippen molar-refractivity contribution < 1.29 is 0 Å². The van der Waals surface area contributed by atoms with E-state index in [4.69, 9.17) is 5.73 Å². The molecule has 0 spiro atoms. The Morgan fingerprint density at radius 2 is 2.22 bits per heavy atom. The summed E-state index contributed by atoms with van der Waals surface area (Å²) in [5.74, 6) is 0.856. The minimum absolute atomic E-state index is 0.532. The third-order valence-electron chi connectivity index (χ3n) is 2.38. The molecule has 0 radical (unpaired) electrons. The molecule has 1 aliphatic carbocycles. The molecule has 0 heterocycles. The Hall–Kier alpha value is -0.0400. The highest BCUT2D eigenvalue weighted by Gasteiger charge is 2.22. The quantitative estimate of drug-likeness (QED) is 0.602. The number of hydrogen-bond donors (Lipinski definition) is 1. The van der Waals surface area contributed by atoms with Gasteiger partial charge in [-0.25, -0.2) is 0 Å². The Kier molecular flexibility index (Phi) is 2.52. The lowest BCUT2D eigenvalue weighted by Crippen LogP contribution is -2.23. The van der Waals surface area contributed by atoms with Gasteiger partial charge in [0.1, 0.15) is 0 Å². The fourth-order valence-corrected chi connectivity index (χ4v) is 1.79. The molecule has 9 heavy (non-hydrogen) atoms. The second kappa shape index (κ2) is 3.21. The number of nitrogens with two attached hydrogens (primary N) is 1. The van der Waals surface area contributed by atoms with Crippen LogP contribution in [-0.2, 0) is 0 Å². The zero-order valence-corrected chi connectivity index (χ0v) is 6.27. The summed E-state index contributed by atoms with van der Waals surface area (Å²) >= 11 is 0. The van der Waals surface area contributed by atoms with Crippen molar-refractivity contribution in [1.29, 1.82) is 0 Å². The van der Waals surface area contributed by atoms with Gasteiger partial charge < -0.3 is 5.73 Å². The van der Waals surface area contributed by atoms with Crippen molar-refractivity contribution in [2.45, 2.75) is 45.1 Å². The molecule has 1 aliphatic rings. The van der Waals surface area contributed by atoms with Gasteiger partial charge in [0.2, 0.25) is 0 Å². The lowest BCUT2D eigenvalue weighted by molar-refractivity contribution is 0.442. The Labute approximate surface area is 57.6 Å². The van der Waals surface area contributed by atoms with Gasteiger partial charge in [-0.05, 0) is 25.2 Å². The zero-order valence-electron chi connectivity index (χ0n) is 6.27. The number of rotatable bonds is 2. The Bertz CT molecular complexity index is 80.6. The first-order chi connectivity index (χ1) is 4.34. The van der Waals surface area contributed by atoms with Crippen molar-refractivity contribution in [3.8, 4) is 0 Å². The molecule has 0 aromatic heterocycles. The van der Waals surface area contributed by atoms with Crippen LogP contribution in [0.15, 0.2) is 0 Å². The van der Waals surface area contributed by atoms with Crippen LogP contribution in [0.25, 0.3) is 0 Å². The maximum Gasteiger partial charge on any atom is 0.00671 e. The molecule has 0 unspecified atom stereocenters. The van der Waals surface area contributed by atoms with Gasteiger partial charge in [-0.15, -0.1) is 0 Å². The van der Waals surface area contributed by atoms with Crippen molar-refractivity contribution in [3.05, 3.63) is 0 Å². The SMILES string of the molecule is CCC[C@H]1CCC[C@H]1N. The van der Waals surface area contributed by atoms with Crippen LogP contribution in [0.3, 0.4) is 0 Å². The average Bonchev–Trinajstić information content (AvgIpc) is 2.18. The maximum absolute atomic E-state index is 5.87. The maximum atomic E-state index is 5.87. The van der Waals surface area contributed by atoms with Crippen molar-refractivity contribution in [2.24, 2.45) is 11.7 Å². The lowest BCUT2D eigenvalue weighted by atomic mass is 9.99. The van der Waals surface area contributed by atoms with Gasteiger partial charge in [-0.3, -0.25) is 0 Å². The van der Waals surface area contributed by atoms with Crippen LogP contribution in [0, 0.1) is 5.92 Å². The molecule has 2 N–H and O–H groups in total. The van der Waals surface area contributed by atoms with Crippen LogP contribution in [0.5, 0.6) is 0 Å².